The molecule has 0 bridgehead atoms. The van der Waals surface area contributed by atoms with E-state index in [0.717, 1.165) is 40.7 Å². The van der Waals surface area contributed by atoms with Crippen LogP contribution >= 0.6 is 11.6 Å². The summed E-state index contributed by atoms with van der Waals surface area (Å²) in [6, 6.07) is 12.8. The van der Waals surface area contributed by atoms with Gasteiger partial charge in [0.15, 0.2) is 0 Å². The molecule has 1 aromatic heterocycles. The predicted molar refractivity (Wildman–Crippen MR) is 99.3 cm³/mol. The molecule has 0 fully saturated rings. The zero-order valence-corrected chi connectivity index (χ0v) is 14.9. The number of rotatable bonds is 3. The fraction of sp³-hybridized carbons (Fsp3) is 0.167. The molecule has 4 rings (SSSR count). The highest BCUT2D eigenvalue weighted by molar-refractivity contribution is 7.89. The number of pyridine rings is 1. The fourth-order valence-electron chi connectivity index (χ4n) is 3.32. The highest BCUT2D eigenvalue weighted by Gasteiger charge is 2.22. The minimum atomic E-state index is -3.68. The Morgan fingerprint density at radius 2 is 2.04 bits per heavy atom. The summed E-state index contributed by atoms with van der Waals surface area (Å²) >= 11 is 6.26. The van der Waals surface area contributed by atoms with Crippen molar-refractivity contribution in [2.45, 2.75) is 17.9 Å². The monoisotopic (exact) mass is 373 g/mol. The number of fused-ring (bicyclic) bond motifs is 2. The van der Waals surface area contributed by atoms with Crippen molar-refractivity contribution < 1.29 is 8.42 Å². The second-order valence-electron chi connectivity index (χ2n) is 6.11. The third kappa shape index (κ3) is 2.97. The number of halogens is 1. The number of benzene rings is 2. The number of nitrogens with two attached hydrogens (primary N) is 1. The second-order valence-corrected chi connectivity index (χ2v) is 8.08. The van der Waals surface area contributed by atoms with E-state index in [1.807, 2.05) is 30.3 Å². The van der Waals surface area contributed by atoms with E-state index in [4.69, 9.17) is 16.7 Å². The van der Waals surface area contributed by atoms with E-state index in [1.165, 1.54) is 0 Å². The maximum absolute atomic E-state index is 11.5. The normalized spacial score (nSPS) is 14.1. The van der Waals surface area contributed by atoms with Crippen molar-refractivity contribution in [2.75, 3.05) is 11.4 Å². The first-order valence-corrected chi connectivity index (χ1v) is 9.79. The van der Waals surface area contributed by atoms with Crippen molar-refractivity contribution in [2.24, 2.45) is 5.14 Å². The summed E-state index contributed by atoms with van der Waals surface area (Å²) in [5, 5.41) is 6.85. The van der Waals surface area contributed by atoms with Crippen molar-refractivity contribution in [1.29, 1.82) is 0 Å². The van der Waals surface area contributed by atoms with Crippen LogP contribution in [0.25, 0.3) is 10.9 Å². The minimum Gasteiger partial charge on any atom is -0.367 e. The molecule has 0 amide bonds. The van der Waals surface area contributed by atoms with Gasteiger partial charge in [-0.05, 0) is 53.9 Å². The van der Waals surface area contributed by atoms with Crippen LogP contribution in [0, 0.1) is 0 Å². The first kappa shape index (κ1) is 16.3. The van der Waals surface area contributed by atoms with Crippen LogP contribution < -0.4 is 10.0 Å². The van der Waals surface area contributed by atoms with Crippen LogP contribution in [0.5, 0.6) is 0 Å². The van der Waals surface area contributed by atoms with Gasteiger partial charge in [0, 0.05) is 35.4 Å². The number of anilines is 1. The van der Waals surface area contributed by atoms with Crippen LogP contribution in [0.4, 0.5) is 5.69 Å². The molecule has 2 N–H and O–H groups in total. The summed E-state index contributed by atoms with van der Waals surface area (Å²) in [7, 11) is -3.68. The van der Waals surface area contributed by atoms with Crippen LogP contribution in [-0.4, -0.2) is 19.9 Å². The molecule has 5 nitrogen and oxygen atoms in total. The maximum atomic E-state index is 11.5. The summed E-state index contributed by atoms with van der Waals surface area (Å²) in [4.78, 5) is 6.86. The molecule has 25 heavy (non-hydrogen) atoms. The highest BCUT2D eigenvalue weighted by atomic mass is 35.5. The van der Waals surface area contributed by atoms with E-state index in [-0.39, 0.29) is 4.90 Å². The molecule has 0 radical (unpaired) electrons. The number of nitrogens with zero attached hydrogens (tertiary/aromatic N) is 2. The number of sulfonamides is 1. The van der Waals surface area contributed by atoms with Gasteiger partial charge in [-0.2, -0.15) is 0 Å². The maximum Gasteiger partial charge on any atom is 0.238 e. The molecule has 0 spiro atoms. The molecule has 3 aromatic rings. The number of hydrogen-bond acceptors (Lipinski definition) is 4. The molecule has 0 saturated heterocycles. The lowest BCUT2D eigenvalue weighted by Crippen LogP contribution is -2.20. The van der Waals surface area contributed by atoms with Crippen LogP contribution in [0.15, 0.2) is 53.6 Å². The van der Waals surface area contributed by atoms with Gasteiger partial charge in [-0.15, -0.1) is 0 Å². The summed E-state index contributed by atoms with van der Waals surface area (Å²) in [6.45, 7) is 1.51. The summed E-state index contributed by atoms with van der Waals surface area (Å²) in [6.07, 6.45) is 2.55. The predicted octanol–water partition coefficient (Wildman–Crippen LogP) is 3.10. The zero-order valence-electron chi connectivity index (χ0n) is 13.3. The molecule has 1 aliphatic rings. The standard InChI is InChI=1S/C18H16ClN3O2S/c19-16-5-3-13(18-15(16)2-1-8-21-18)11-22-9-7-12-10-14(25(20,23)24)4-6-17(12)22/h1-6,8,10H,7,9,11H2,(H2,20,23,24). The average Bonchev–Trinajstić information content (AvgIpc) is 2.99. The van der Waals surface area contributed by atoms with Crippen LogP contribution in [0.3, 0.4) is 0 Å². The topological polar surface area (TPSA) is 76.3 Å². The van der Waals surface area contributed by atoms with Crippen molar-refractivity contribution in [3.05, 3.63) is 64.8 Å². The van der Waals surface area contributed by atoms with Gasteiger partial charge in [0.1, 0.15) is 0 Å². The van der Waals surface area contributed by atoms with E-state index in [0.29, 0.717) is 11.6 Å². The van der Waals surface area contributed by atoms with E-state index in [9.17, 15) is 8.42 Å². The van der Waals surface area contributed by atoms with Gasteiger partial charge in [0.2, 0.25) is 10.0 Å². The van der Waals surface area contributed by atoms with Crippen LogP contribution in [0.1, 0.15) is 11.1 Å². The molecule has 0 saturated carbocycles. The Morgan fingerprint density at radius 3 is 2.84 bits per heavy atom. The first-order chi connectivity index (χ1) is 11.9. The van der Waals surface area contributed by atoms with Gasteiger partial charge in [0.05, 0.1) is 10.4 Å². The first-order valence-electron chi connectivity index (χ1n) is 7.86. The van der Waals surface area contributed by atoms with Crippen molar-refractivity contribution in [1.82, 2.24) is 4.98 Å². The van der Waals surface area contributed by atoms with Gasteiger partial charge in [-0.1, -0.05) is 17.7 Å². The van der Waals surface area contributed by atoms with E-state index >= 15 is 0 Å². The Kier molecular flexibility index (Phi) is 3.91. The molecular formula is C18H16ClN3O2S. The third-order valence-electron chi connectivity index (χ3n) is 4.53. The Bertz CT molecular complexity index is 1080. The second kappa shape index (κ2) is 5.98. The van der Waals surface area contributed by atoms with Crippen molar-refractivity contribution >= 4 is 38.2 Å². The molecule has 128 valence electrons. The smallest absolute Gasteiger partial charge is 0.238 e. The minimum absolute atomic E-state index is 0.159. The van der Waals surface area contributed by atoms with Gasteiger partial charge < -0.3 is 4.90 Å². The van der Waals surface area contributed by atoms with Crippen molar-refractivity contribution in [3.8, 4) is 0 Å². The van der Waals surface area contributed by atoms with Crippen LogP contribution in [-0.2, 0) is 23.0 Å². The Hall–Kier alpha value is -2.15. The number of primary sulfonamides is 1. The Balaban J connectivity index is 1.70. The molecule has 1 aliphatic heterocycles. The van der Waals surface area contributed by atoms with Gasteiger partial charge in [-0.25, -0.2) is 13.6 Å². The van der Waals surface area contributed by atoms with E-state index in [1.54, 1.807) is 18.3 Å². The fourth-order valence-corrected chi connectivity index (χ4v) is 4.10. The van der Waals surface area contributed by atoms with E-state index < -0.39 is 10.0 Å². The highest BCUT2D eigenvalue weighted by Crippen LogP contribution is 2.33. The zero-order chi connectivity index (χ0) is 17.6. The van der Waals surface area contributed by atoms with Crippen molar-refractivity contribution in [3.63, 3.8) is 0 Å². The molecule has 2 aromatic carbocycles. The van der Waals surface area contributed by atoms with E-state index in [2.05, 4.69) is 9.88 Å². The summed E-state index contributed by atoms with van der Waals surface area (Å²) < 4.78 is 23.1. The van der Waals surface area contributed by atoms with Gasteiger partial charge in [0.25, 0.3) is 0 Å². The quantitative estimate of drug-likeness (QED) is 0.765. The Morgan fingerprint density at radius 1 is 1.20 bits per heavy atom. The molecule has 0 aliphatic carbocycles. The van der Waals surface area contributed by atoms with Gasteiger partial charge in [-0.3, -0.25) is 4.98 Å². The molecular weight excluding hydrogens is 358 g/mol. The largest absolute Gasteiger partial charge is 0.367 e. The SMILES string of the molecule is NS(=O)(=O)c1ccc2c(c1)CCN2Cc1ccc(Cl)c2cccnc12. The lowest BCUT2D eigenvalue weighted by atomic mass is 10.1. The third-order valence-corrected chi connectivity index (χ3v) is 5.77. The lowest BCUT2D eigenvalue weighted by Gasteiger charge is -2.20. The molecule has 7 heteroatoms. The number of aromatic nitrogens is 1. The molecule has 2 heterocycles. The molecule has 0 unspecified atom stereocenters. The van der Waals surface area contributed by atoms with Gasteiger partial charge >= 0.3 is 0 Å². The molecule has 0 atom stereocenters. The summed E-state index contributed by atoms with van der Waals surface area (Å²) in [5.74, 6) is 0. The van der Waals surface area contributed by atoms with Crippen LogP contribution in [0.2, 0.25) is 5.02 Å². The Labute approximate surface area is 151 Å². The average molecular weight is 374 g/mol. The summed E-state index contributed by atoms with van der Waals surface area (Å²) in [5.41, 5.74) is 4.01. The lowest BCUT2D eigenvalue weighted by molar-refractivity contribution is 0.597. The number of hydrogen-bond donors (Lipinski definition) is 1.